The summed E-state index contributed by atoms with van der Waals surface area (Å²) in [4.78, 5) is 0. The monoisotopic (exact) mass is 342 g/mol. The first-order valence-corrected chi connectivity index (χ1v) is 9.57. The summed E-state index contributed by atoms with van der Waals surface area (Å²) in [5.74, 6) is 0.00136. The van der Waals surface area contributed by atoms with Crippen molar-refractivity contribution in [1.82, 2.24) is 9.29 Å². The van der Waals surface area contributed by atoms with Gasteiger partial charge in [0.2, 0.25) is 10.0 Å². The van der Waals surface area contributed by atoms with Gasteiger partial charge in [-0.1, -0.05) is 35.9 Å². The number of fused-ring (bicyclic) bond motifs is 1. The Hall–Kier alpha value is -2.11. The van der Waals surface area contributed by atoms with Gasteiger partial charge in [0.15, 0.2) is 0 Å². The lowest BCUT2D eigenvalue weighted by Gasteiger charge is -2.08. The summed E-state index contributed by atoms with van der Waals surface area (Å²) in [6.45, 7) is 4.32. The van der Waals surface area contributed by atoms with Crippen LogP contribution in [0.2, 0.25) is 0 Å². The van der Waals surface area contributed by atoms with Gasteiger partial charge in [0.1, 0.15) is 0 Å². The summed E-state index contributed by atoms with van der Waals surface area (Å²) >= 11 is 0. The second-order valence-corrected chi connectivity index (χ2v) is 8.11. The van der Waals surface area contributed by atoms with Gasteiger partial charge in [-0.2, -0.15) is 0 Å². The summed E-state index contributed by atoms with van der Waals surface area (Å²) in [5.41, 5.74) is 5.16. The van der Waals surface area contributed by atoms with Crippen LogP contribution in [0.4, 0.5) is 0 Å². The number of aryl methyl sites for hydroxylation is 3. The van der Waals surface area contributed by atoms with Crippen LogP contribution in [-0.4, -0.2) is 13.0 Å². The molecular weight excluding hydrogens is 320 g/mol. The molecule has 126 valence electrons. The first kappa shape index (κ1) is 16.7. The third-order valence-corrected chi connectivity index (χ3v) is 5.58. The van der Waals surface area contributed by atoms with Crippen molar-refractivity contribution in [1.29, 1.82) is 0 Å². The lowest BCUT2D eigenvalue weighted by Crippen LogP contribution is -2.24. The van der Waals surface area contributed by atoms with Crippen molar-refractivity contribution in [3.05, 3.63) is 70.9 Å². The first-order chi connectivity index (χ1) is 11.3. The number of benzene rings is 2. The Bertz CT molecular complexity index is 988. The smallest absolute Gasteiger partial charge is 0.216 e. The van der Waals surface area contributed by atoms with E-state index in [2.05, 4.69) is 22.3 Å². The van der Waals surface area contributed by atoms with Crippen LogP contribution in [0, 0.1) is 13.8 Å². The molecule has 0 fully saturated rings. The molecule has 0 spiro atoms. The molecule has 0 aliphatic carbocycles. The number of hydrogen-bond donors (Lipinski definition) is 1. The van der Waals surface area contributed by atoms with Crippen molar-refractivity contribution >= 4 is 20.9 Å². The van der Waals surface area contributed by atoms with Gasteiger partial charge >= 0.3 is 0 Å². The van der Waals surface area contributed by atoms with E-state index in [0.717, 1.165) is 27.6 Å². The SMILES string of the molecule is Cc1cccc(CS(=O)(=O)NCc2ccc3c(c2)cc(C)n3C)c1. The molecule has 5 heteroatoms. The molecule has 3 aromatic rings. The van der Waals surface area contributed by atoms with Crippen molar-refractivity contribution < 1.29 is 8.42 Å². The summed E-state index contributed by atoms with van der Waals surface area (Å²) in [6, 6.07) is 15.7. The molecule has 0 bridgehead atoms. The fourth-order valence-electron chi connectivity index (χ4n) is 2.91. The molecule has 0 aliphatic heterocycles. The lowest BCUT2D eigenvalue weighted by atomic mass is 10.1. The molecular formula is C19H22N2O2S. The third kappa shape index (κ3) is 3.68. The molecule has 0 radical (unpaired) electrons. The van der Waals surface area contributed by atoms with Crippen LogP contribution < -0.4 is 4.72 Å². The van der Waals surface area contributed by atoms with Gasteiger partial charge in [-0.05, 0) is 43.2 Å². The van der Waals surface area contributed by atoms with E-state index in [9.17, 15) is 8.42 Å². The van der Waals surface area contributed by atoms with Gasteiger partial charge in [0.25, 0.3) is 0 Å². The molecule has 1 heterocycles. The standard InChI is InChI=1S/C19H22N2O2S/c1-14-5-4-6-17(9-14)13-24(22,23)20-12-16-7-8-19-18(11-16)10-15(2)21(19)3/h4-11,20H,12-13H2,1-3H3. The van der Waals surface area contributed by atoms with E-state index in [-0.39, 0.29) is 5.75 Å². The van der Waals surface area contributed by atoms with Crippen molar-refractivity contribution in [2.45, 2.75) is 26.1 Å². The lowest BCUT2D eigenvalue weighted by molar-refractivity contribution is 0.580. The zero-order valence-corrected chi connectivity index (χ0v) is 15.0. The van der Waals surface area contributed by atoms with Crippen LogP contribution in [-0.2, 0) is 29.4 Å². The second kappa shape index (κ2) is 6.42. The Labute approximate surface area is 143 Å². The largest absolute Gasteiger partial charge is 0.348 e. The maximum atomic E-state index is 12.3. The molecule has 2 aromatic carbocycles. The molecule has 0 atom stereocenters. The highest BCUT2D eigenvalue weighted by Crippen LogP contribution is 2.20. The third-order valence-electron chi connectivity index (χ3n) is 4.28. The molecule has 0 saturated heterocycles. The van der Waals surface area contributed by atoms with E-state index in [0.29, 0.717) is 6.54 Å². The number of nitrogens with one attached hydrogen (secondary N) is 1. The van der Waals surface area contributed by atoms with Gasteiger partial charge in [0, 0.05) is 30.2 Å². The zero-order valence-electron chi connectivity index (χ0n) is 14.2. The molecule has 1 N–H and O–H groups in total. The first-order valence-electron chi connectivity index (χ1n) is 7.92. The molecule has 0 unspecified atom stereocenters. The molecule has 0 aliphatic rings. The van der Waals surface area contributed by atoms with E-state index in [1.54, 1.807) is 0 Å². The maximum absolute atomic E-state index is 12.3. The van der Waals surface area contributed by atoms with Gasteiger partial charge < -0.3 is 4.57 Å². The second-order valence-electron chi connectivity index (χ2n) is 6.31. The molecule has 3 rings (SSSR count). The van der Waals surface area contributed by atoms with Gasteiger partial charge in [0.05, 0.1) is 5.75 Å². The molecule has 1 aromatic heterocycles. The minimum atomic E-state index is -3.36. The molecule has 0 amide bonds. The average Bonchev–Trinajstić information content (AvgIpc) is 2.79. The fourth-order valence-corrected chi connectivity index (χ4v) is 4.02. The van der Waals surface area contributed by atoms with E-state index in [1.165, 1.54) is 5.69 Å². The fraction of sp³-hybridized carbons (Fsp3) is 0.263. The molecule has 24 heavy (non-hydrogen) atoms. The highest BCUT2D eigenvalue weighted by molar-refractivity contribution is 7.88. The van der Waals surface area contributed by atoms with Crippen LogP contribution in [0.5, 0.6) is 0 Å². The van der Waals surface area contributed by atoms with E-state index >= 15 is 0 Å². The number of nitrogens with zero attached hydrogens (tertiary/aromatic N) is 1. The Morgan fingerprint density at radius 2 is 1.79 bits per heavy atom. The minimum absolute atomic E-state index is 0.00136. The van der Waals surface area contributed by atoms with E-state index in [1.807, 2.05) is 56.4 Å². The number of hydrogen-bond acceptors (Lipinski definition) is 2. The average molecular weight is 342 g/mol. The van der Waals surface area contributed by atoms with Crippen LogP contribution >= 0.6 is 0 Å². The topological polar surface area (TPSA) is 51.1 Å². The Morgan fingerprint density at radius 1 is 1.00 bits per heavy atom. The van der Waals surface area contributed by atoms with E-state index < -0.39 is 10.0 Å². The minimum Gasteiger partial charge on any atom is -0.348 e. The molecule has 4 nitrogen and oxygen atoms in total. The maximum Gasteiger partial charge on any atom is 0.216 e. The van der Waals surface area contributed by atoms with Gasteiger partial charge in [-0.25, -0.2) is 13.1 Å². The van der Waals surface area contributed by atoms with Crippen molar-refractivity contribution in [3.63, 3.8) is 0 Å². The van der Waals surface area contributed by atoms with Crippen LogP contribution in [0.15, 0.2) is 48.5 Å². The van der Waals surface area contributed by atoms with E-state index in [4.69, 9.17) is 0 Å². The van der Waals surface area contributed by atoms with Crippen molar-refractivity contribution in [3.8, 4) is 0 Å². The zero-order chi connectivity index (χ0) is 17.3. The number of sulfonamides is 1. The van der Waals surface area contributed by atoms with Crippen molar-refractivity contribution in [2.75, 3.05) is 0 Å². The van der Waals surface area contributed by atoms with Crippen LogP contribution in [0.1, 0.15) is 22.4 Å². The Morgan fingerprint density at radius 3 is 2.54 bits per heavy atom. The Kier molecular flexibility index (Phi) is 4.47. The van der Waals surface area contributed by atoms with Gasteiger partial charge in [-0.3, -0.25) is 0 Å². The van der Waals surface area contributed by atoms with Crippen LogP contribution in [0.3, 0.4) is 0 Å². The summed E-state index contributed by atoms with van der Waals surface area (Å²) in [6.07, 6.45) is 0. The van der Waals surface area contributed by atoms with Crippen molar-refractivity contribution in [2.24, 2.45) is 7.05 Å². The number of rotatable bonds is 5. The number of aromatic nitrogens is 1. The predicted molar refractivity (Wildman–Crippen MR) is 98.3 cm³/mol. The molecule has 0 saturated carbocycles. The highest BCUT2D eigenvalue weighted by Gasteiger charge is 2.12. The van der Waals surface area contributed by atoms with Crippen LogP contribution in [0.25, 0.3) is 10.9 Å². The summed E-state index contributed by atoms with van der Waals surface area (Å²) in [5, 5.41) is 1.13. The summed E-state index contributed by atoms with van der Waals surface area (Å²) < 4.78 is 29.4. The predicted octanol–water partition coefficient (Wildman–Crippen LogP) is 3.41. The highest BCUT2D eigenvalue weighted by atomic mass is 32.2. The Balaban J connectivity index is 1.72. The summed E-state index contributed by atoms with van der Waals surface area (Å²) in [7, 11) is -1.33. The van der Waals surface area contributed by atoms with Gasteiger partial charge in [-0.15, -0.1) is 0 Å². The quantitative estimate of drug-likeness (QED) is 0.772. The normalized spacial score (nSPS) is 12.0.